The second-order valence-electron chi connectivity index (χ2n) is 4.49. The minimum atomic E-state index is -0.687. The largest absolute Gasteiger partial charge is 0.491 e. The summed E-state index contributed by atoms with van der Waals surface area (Å²) in [7, 11) is 0. The summed E-state index contributed by atoms with van der Waals surface area (Å²) in [5.74, 6) is 0.708. The van der Waals surface area contributed by atoms with Crippen LogP contribution in [0.5, 0.6) is 5.75 Å². The molecule has 20 heavy (non-hydrogen) atoms. The lowest BCUT2D eigenvalue weighted by Gasteiger charge is -2.13. The molecule has 0 aromatic heterocycles. The van der Waals surface area contributed by atoms with E-state index in [1.807, 2.05) is 19.1 Å². The van der Waals surface area contributed by atoms with Gasteiger partial charge in [-0.3, -0.25) is 0 Å². The summed E-state index contributed by atoms with van der Waals surface area (Å²) in [4.78, 5) is 0. The first kappa shape index (κ1) is 15.2. The molecule has 0 saturated carbocycles. The third kappa shape index (κ3) is 3.89. The zero-order valence-corrected chi connectivity index (χ0v) is 12.7. The molecule has 0 spiro atoms. The first-order valence-electron chi connectivity index (χ1n) is 6.45. The van der Waals surface area contributed by atoms with Crippen molar-refractivity contribution in [3.05, 3.63) is 63.6 Å². The molecule has 2 nitrogen and oxygen atoms in total. The van der Waals surface area contributed by atoms with Crippen LogP contribution >= 0.6 is 23.2 Å². The number of ether oxygens (including phenoxy) is 1. The van der Waals surface area contributed by atoms with Gasteiger partial charge in [0.25, 0.3) is 0 Å². The van der Waals surface area contributed by atoms with E-state index in [0.717, 1.165) is 22.6 Å². The maximum Gasteiger partial charge on any atom is 0.119 e. The van der Waals surface area contributed by atoms with Crippen LogP contribution in [0.3, 0.4) is 0 Å². The number of hydrogen-bond donors (Lipinski definition) is 1. The number of aliphatic hydroxyl groups excluding tert-OH is 1. The molecular formula is C16H16Cl2O2. The molecule has 0 aliphatic rings. The highest BCUT2D eigenvalue weighted by molar-refractivity contribution is 6.31. The van der Waals surface area contributed by atoms with Crippen molar-refractivity contribution < 1.29 is 9.84 Å². The van der Waals surface area contributed by atoms with E-state index in [4.69, 9.17) is 27.9 Å². The second kappa shape index (κ2) is 6.98. The van der Waals surface area contributed by atoms with Crippen LogP contribution in [0, 0.1) is 0 Å². The molecule has 0 bridgehead atoms. The molecule has 0 radical (unpaired) electrons. The average Bonchev–Trinajstić information content (AvgIpc) is 2.46. The monoisotopic (exact) mass is 310 g/mol. The van der Waals surface area contributed by atoms with E-state index in [-0.39, 0.29) is 6.61 Å². The fraction of sp³-hybridized carbons (Fsp3) is 0.250. The number of aryl methyl sites for hydroxylation is 1. The molecule has 2 rings (SSSR count). The Morgan fingerprint density at radius 1 is 1.10 bits per heavy atom. The van der Waals surface area contributed by atoms with E-state index in [9.17, 15) is 5.11 Å². The molecule has 1 N–H and O–H groups in total. The van der Waals surface area contributed by atoms with Gasteiger partial charge in [0.1, 0.15) is 18.5 Å². The zero-order valence-electron chi connectivity index (χ0n) is 11.1. The molecular weight excluding hydrogens is 295 g/mol. The van der Waals surface area contributed by atoms with Crippen LogP contribution in [0.15, 0.2) is 42.5 Å². The van der Waals surface area contributed by atoms with Gasteiger partial charge in [-0.05, 0) is 47.9 Å². The van der Waals surface area contributed by atoms with Gasteiger partial charge in [-0.15, -0.1) is 0 Å². The maximum absolute atomic E-state index is 10.1. The van der Waals surface area contributed by atoms with Gasteiger partial charge in [-0.25, -0.2) is 0 Å². The Bertz CT molecular complexity index is 567. The summed E-state index contributed by atoms with van der Waals surface area (Å²) in [5.41, 5.74) is 1.81. The van der Waals surface area contributed by atoms with Gasteiger partial charge in [-0.1, -0.05) is 42.3 Å². The summed E-state index contributed by atoms with van der Waals surface area (Å²) < 4.78 is 5.61. The summed E-state index contributed by atoms with van der Waals surface area (Å²) in [6, 6.07) is 12.6. The zero-order chi connectivity index (χ0) is 14.5. The molecule has 0 aliphatic carbocycles. The smallest absolute Gasteiger partial charge is 0.119 e. The van der Waals surface area contributed by atoms with Crippen molar-refractivity contribution in [1.29, 1.82) is 0 Å². The molecule has 0 unspecified atom stereocenters. The standard InChI is InChI=1S/C16H16Cl2O2/c1-2-11-9-14(7-8-15(11)18)20-10-16(19)12-3-5-13(17)6-4-12/h3-9,16,19H,2,10H2,1H3/t16-/m0/s1. The molecule has 106 valence electrons. The van der Waals surface area contributed by atoms with Crippen molar-refractivity contribution in [2.24, 2.45) is 0 Å². The molecule has 4 heteroatoms. The minimum absolute atomic E-state index is 0.187. The molecule has 0 saturated heterocycles. The van der Waals surface area contributed by atoms with Gasteiger partial charge in [0.15, 0.2) is 0 Å². The van der Waals surface area contributed by atoms with Crippen LogP contribution in [0.1, 0.15) is 24.2 Å². The lowest BCUT2D eigenvalue weighted by Crippen LogP contribution is -2.09. The van der Waals surface area contributed by atoms with Gasteiger partial charge in [0.2, 0.25) is 0 Å². The Kier molecular flexibility index (Phi) is 5.30. The van der Waals surface area contributed by atoms with Gasteiger partial charge in [0, 0.05) is 10.0 Å². The van der Waals surface area contributed by atoms with Gasteiger partial charge < -0.3 is 9.84 Å². The minimum Gasteiger partial charge on any atom is -0.491 e. The van der Waals surface area contributed by atoms with Crippen LogP contribution in [-0.2, 0) is 6.42 Å². The van der Waals surface area contributed by atoms with Gasteiger partial charge >= 0.3 is 0 Å². The van der Waals surface area contributed by atoms with E-state index in [1.54, 1.807) is 30.3 Å². The van der Waals surface area contributed by atoms with Crippen molar-refractivity contribution in [2.75, 3.05) is 6.61 Å². The molecule has 0 fully saturated rings. The highest BCUT2D eigenvalue weighted by Gasteiger charge is 2.09. The van der Waals surface area contributed by atoms with Crippen LogP contribution in [0.25, 0.3) is 0 Å². The summed E-state index contributed by atoms with van der Waals surface area (Å²) >= 11 is 11.9. The van der Waals surface area contributed by atoms with Crippen LogP contribution < -0.4 is 4.74 Å². The first-order chi connectivity index (χ1) is 9.60. The quantitative estimate of drug-likeness (QED) is 0.869. The Balaban J connectivity index is 1.99. The fourth-order valence-electron chi connectivity index (χ4n) is 1.87. The maximum atomic E-state index is 10.1. The molecule has 0 heterocycles. The van der Waals surface area contributed by atoms with Crippen molar-refractivity contribution in [2.45, 2.75) is 19.4 Å². The average molecular weight is 311 g/mol. The van der Waals surface area contributed by atoms with E-state index in [2.05, 4.69) is 0 Å². The lowest BCUT2D eigenvalue weighted by molar-refractivity contribution is 0.108. The highest BCUT2D eigenvalue weighted by Crippen LogP contribution is 2.24. The summed E-state index contributed by atoms with van der Waals surface area (Å²) in [5, 5.41) is 11.4. The predicted molar refractivity (Wildman–Crippen MR) is 82.7 cm³/mol. The Labute approximate surface area is 128 Å². The van der Waals surface area contributed by atoms with Crippen LogP contribution in [-0.4, -0.2) is 11.7 Å². The molecule has 2 aromatic carbocycles. The second-order valence-corrected chi connectivity index (χ2v) is 5.33. The summed E-state index contributed by atoms with van der Waals surface area (Å²) in [6.45, 7) is 2.22. The highest BCUT2D eigenvalue weighted by atomic mass is 35.5. The first-order valence-corrected chi connectivity index (χ1v) is 7.20. The van der Waals surface area contributed by atoms with Gasteiger partial charge in [-0.2, -0.15) is 0 Å². The Hall–Kier alpha value is -1.22. The predicted octanol–water partition coefficient (Wildman–Crippen LogP) is 4.67. The van der Waals surface area contributed by atoms with E-state index >= 15 is 0 Å². The lowest BCUT2D eigenvalue weighted by atomic mass is 10.1. The third-order valence-electron chi connectivity index (χ3n) is 3.06. The topological polar surface area (TPSA) is 29.5 Å². The van der Waals surface area contributed by atoms with Gasteiger partial charge in [0.05, 0.1) is 0 Å². The molecule has 0 amide bonds. The van der Waals surface area contributed by atoms with Crippen molar-refractivity contribution in [1.82, 2.24) is 0 Å². The number of halogens is 2. The van der Waals surface area contributed by atoms with Crippen molar-refractivity contribution in [3.8, 4) is 5.75 Å². The molecule has 0 aliphatic heterocycles. The number of aliphatic hydroxyl groups is 1. The fourth-order valence-corrected chi connectivity index (χ4v) is 2.25. The summed E-state index contributed by atoms with van der Waals surface area (Å²) in [6.07, 6.45) is 0.156. The van der Waals surface area contributed by atoms with Crippen molar-refractivity contribution in [3.63, 3.8) is 0 Å². The molecule has 1 atom stereocenters. The van der Waals surface area contributed by atoms with Crippen LogP contribution in [0.2, 0.25) is 10.0 Å². The normalized spacial score (nSPS) is 12.2. The number of benzene rings is 2. The van der Waals surface area contributed by atoms with E-state index < -0.39 is 6.10 Å². The SMILES string of the molecule is CCc1cc(OC[C@H](O)c2ccc(Cl)cc2)ccc1Cl. The van der Waals surface area contributed by atoms with Crippen LogP contribution in [0.4, 0.5) is 0 Å². The Morgan fingerprint density at radius 2 is 1.80 bits per heavy atom. The third-order valence-corrected chi connectivity index (χ3v) is 3.68. The molecule has 2 aromatic rings. The number of hydrogen-bond acceptors (Lipinski definition) is 2. The van der Waals surface area contributed by atoms with E-state index in [0.29, 0.717) is 10.8 Å². The van der Waals surface area contributed by atoms with E-state index in [1.165, 1.54) is 0 Å². The van der Waals surface area contributed by atoms with Crippen molar-refractivity contribution >= 4 is 23.2 Å². The Morgan fingerprint density at radius 3 is 2.45 bits per heavy atom. The number of rotatable bonds is 5.